The standard InChI is InChI=1S/C20H22FN5.C19H20ClFN6.2C19H20F2N6/c1-12(14-5-7-17(21)8-6-14)23-19-10-20(25-13(2)24-19)26-18-9-16(11-22-18)15-3-4-15;1-10(13-5-6-15(21)14(20)7-13)22-17-9-18(24-11(2)23-17)25-19-8-16(26-27-19)12-3-4-12;1-10(13-5-6-14(20)15(21)7-13)22-17-9-18(24-11(2)23-17)25-19-8-16(26-27-19)12-3-4-12;1-10(19-13(20)4-3-5-14(19)21)22-16-9-17(24-11(2)23-16)25-18-8-15(26-27-18)12-6-7-12/h5-10,12,15H,3-4,11H2,1-2H3,(H2,22,23,24,25,26);2*5-10,12H,3-4H2,1-2H3,(H3,22,23,24,25,26,27);3-5,8-10,12H,6-7H2,1-2H3,(H3,22,23,24,25,26,27)/t12-;;;/m0.../s1. The minimum absolute atomic E-state index is 0.00272. The maximum atomic E-state index is 14.0. The van der Waals surface area contributed by atoms with Gasteiger partial charge in [0.15, 0.2) is 29.1 Å². The third kappa shape index (κ3) is 20.5. The minimum atomic E-state index is -0.868. The van der Waals surface area contributed by atoms with Crippen LogP contribution in [0.25, 0.3) is 0 Å². The molecule has 4 fully saturated rings. The highest BCUT2D eigenvalue weighted by atomic mass is 35.5. The summed E-state index contributed by atoms with van der Waals surface area (Å²) in [5, 5.41) is 47.8. The molecule has 11 N–H and O–H groups in total. The summed E-state index contributed by atoms with van der Waals surface area (Å²) in [6.07, 6.45) is 11.9. The third-order valence-electron chi connectivity index (χ3n) is 18.2. The van der Waals surface area contributed by atoms with Gasteiger partial charge in [-0.15, -0.1) is 0 Å². The van der Waals surface area contributed by atoms with Crippen LogP contribution in [0.5, 0.6) is 0 Å². The highest BCUT2D eigenvalue weighted by molar-refractivity contribution is 6.30. The SMILES string of the molecule is Cc1nc(NC2=NCC(C3CC3)=C2)cc(N[C@@H](C)c2ccc(F)cc2)n1.Cc1nc(Nc2cc(C3CC3)[nH]n2)cc(NC(C)c2c(F)cccc2F)n1.Cc1nc(Nc2cc(C3CC3)[nH]n2)cc(NC(C)c2ccc(F)c(Cl)c2)n1.Cc1nc(Nc2cc(C3CC3)[nH]n2)cc(NC(C)c2ccc(F)c(F)c2)n1. The summed E-state index contributed by atoms with van der Waals surface area (Å²) in [7, 11) is 0. The highest BCUT2D eigenvalue weighted by Crippen LogP contribution is 2.42. The van der Waals surface area contributed by atoms with E-state index in [0.29, 0.717) is 93.2 Å². The second kappa shape index (κ2) is 32.9. The Morgan fingerprint density at radius 3 is 1.13 bits per heavy atom. The van der Waals surface area contributed by atoms with Gasteiger partial charge in [0.1, 0.15) is 98.9 Å². The number of nitrogens with zero attached hydrogens (tertiary/aromatic N) is 12. The highest BCUT2D eigenvalue weighted by Gasteiger charge is 2.30. The Labute approximate surface area is 619 Å². The number of amidine groups is 1. The Bertz CT molecular complexity index is 4830. The summed E-state index contributed by atoms with van der Waals surface area (Å²) < 4.78 is 81.0. The number of rotatable bonds is 23. The Hall–Kier alpha value is -11.5. The van der Waals surface area contributed by atoms with Gasteiger partial charge in [-0.3, -0.25) is 20.3 Å². The number of anilines is 11. The first-order valence-electron chi connectivity index (χ1n) is 35.6. The fraction of sp³-hybridized carbons (Fsp3) is 0.325. The van der Waals surface area contributed by atoms with Crippen molar-refractivity contribution in [3.8, 4) is 0 Å². The molecule has 30 heteroatoms. The van der Waals surface area contributed by atoms with Crippen molar-refractivity contribution in [2.75, 3.05) is 49.1 Å². The van der Waals surface area contributed by atoms with Gasteiger partial charge < -0.3 is 42.5 Å². The van der Waals surface area contributed by atoms with Crippen molar-refractivity contribution in [3.05, 3.63) is 236 Å². The smallest absolute Gasteiger partial charge is 0.159 e. The number of halogens is 7. The van der Waals surface area contributed by atoms with Crippen LogP contribution < -0.4 is 42.5 Å². The number of aliphatic imine (C=N–C) groups is 1. The van der Waals surface area contributed by atoms with Crippen LogP contribution in [0.15, 0.2) is 138 Å². The summed E-state index contributed by atoms with van der Waals surface area (Å²) in [6.45, 7) is 15.5. The summed E-state index contributed by atoms with van der Waals surface area (Å²) in [6, 6.07) is 31.0. The first-order valence-corrected chi connectivity index (χ1v) is 36.0. The molecule has 1 aliphatic heterocycles. The van der Waals surface area contributed by atoms with E-state index in [1.807, 2.05) is 65.0 Å². The van der Waals surface area contributed by atoms with E-state index in [1.54, 1.807) is 63.2 Å². The van der Waals surface area contributed by atoms with Crippen molar-refractivity contribution in [3.63, 3.8) is 0 Å². The summed E-state index contributed by atoms with van der Waals surface area (Å²) in [5.41, 5.74) is 7.29. The van der Waals surface area contributed by atoms with Gasteiger partial charge in [0.2, 0.25) is 0 Å². The second-order valence-electron chi connectivity index (χ2n) is 27.4. The molecular formula is C77H82ClF6N23. The van der Waals surface area contributed by atoms with Gasteiger partial charge in [-0.25, -0.2) is 66.2 Å². The molecule has 107 heavy (non-hydrogen) atoms. The zero-order valence-electron chi connectivity index (χ0n) is 60.1. The molecule has 7 aromatic heterocycles. The van der Waals surface area contributed by atoms with Gasteiger partial charge >= 0.3 is 0 Å². The molecule has 0 saturated heterocycles. The average molecular weight is 1480 g/mol. The molecule has 4 atom stereocenters. The third-order valence-corrected chi connectivity index (χ3v) is 18.5. The van der Waals surface area contributed by atoms with Crippen molar-refractivity contribution < 1.29 is 26.3 Å². The topological polar surface area (TPSA) is 298 Å². The quantitative estimate of drug-likeness (QED) is 0.0265. The lowest BCUT2D eigenvalue weighted by Crippen LogP contribution is -2.13. The molecule has 0 spiro atoms. The van der Waals surface area contributed by atoms with Crippen LogP contribution in [0, 0.1) is 68.5 Å². The molecule has 4 aromatic carbocycles. The molecular weight excluding hydrogens is 1400 g/mol. The van der Waals surface area contributed by atoms with Crippen LogP contribution in [0.4, 0.5) is 90.3 Å². The fourth-order valence-corrected chi connectivity index (χ4v) is 12.2. The van der Waals surface area contributed by atoms with E-state index >= 15 is 0 Å². The number of aryl methyl sites for hydroxylation is 4. The van der Waals surface area contributed by atoms with Crippen LogP contribution in [0.2, 0.25) is 5.02 Å². The first kappa shape index (κ1) is 73.8. The zero-order chi connectivity index (χ0) is 75.0. The molecule has 0 bridgehead atoms. The Morgan fingerprint density at radius 1 is 0.364 bits per heavy atom. The van der Waals surface area contributed by atoms with Gasteiger partial charge in [0, 0.05) is 94.9 Å². The van der Waals surface area contributed by atoms with E-state index in [2.05, 4.69) is 124 Å². The molecule has 11 aromatic rings. The number of hydrogen-bond acceptors (Lipinski definition) is 20. The average Bonchev–Trinajstić information content (AvgIpc) is 1.80. The number of hydrogen-bond donors (Lipinski definition) is 11. The van der Waals surface area contributed by atoms with E-state index in [1.165, 1.54) is 99.4 Å². The monoisotopic (exact) mass is 1480 g/mol. The molecule has 8 heterocycles. The van der Waals surface area contributed by atoms with E-state index < -0.39 is 35.1 Å². The number of aromatic amines is 3. The van der Waals surface area contributed by atoms with Crippen molar-refractivity contribution in [1.82, 2.24) is 70.5 Å². The molecule has 3 unspecified atom stereocenters. The Balaban J connectivity index is 0.000000126. The molecule has 23 nitrogen and oxygen atoms in total. The first-order chi connectivity index (χ1) is 51.5. The van der Waals surface area contributed by atoms with Crippen LogP contribution in [0.3, 0.4) is 0 Å². The van der Waals surface area contributed by atoms with E-state index in [4.69, 9.17) is 11.6 Å². The molecule has 4 saturated carbocycles. The van der Waals surface area contributed by atoms with Crippen molar-refractivity contribution >= 4 is 81.4 Å². The van der Waals surface area contributed by atoms with Gasteiger partial charge in [-0.1, -0.05) is 41.9 Å². The number of benzene rings is 4. The predicted molar refractivity (Wildman–Crippen MR) is 404 cm³/mol. The largest absolute Gasteiger partial charge is 0.363 e. The second-order valence-corrected chi connectivity index (χ2v) is 27.8. The molecule has 0 amide bonds. The maximum Gasteiger partial charge on any atom is 0.159 e. The summed E-state index contributed by atoms with van der Waals surface area (Å²) in [4.78, 5) is 39.7. The molecule has 0 radical (unpaired) electrons. The summed E-state index contributed by atoms with van der Waals surface area (Å²) in [5.74, 6) is 9.31. The van der Waals surface area contributed by atoms with Crippen LogP contribution in [-0.2, 0) is 0 Å². The van der Waals surface area contributed by atoms with Crippen molar-refractivity contribution in [2.45, 2.75) is 149 Å². The zero-order valence-corrected chi connectivity index (χ0v) is 60.9. The Morgan fingerprint density at radius 2 is 0.729 bits per heavy atom. The number of aromatic nitrogens is 14. The lowest BCUT2D eigenvalue weighted by atomic mass is 10.1. The summed E-state index contributed by atoms with van der Waals surface area (Å²) >= 11 is 5.88. The minimum Gasteiger partial charge on any atom is -0.363 e. The molecule has 4 aliphatic carbocycles. The van der Waals surface area contributed by atoms with Gasteiger partial charge in [0.25, 0.3) is 0 Å². The van der Waals surface area contributed by atoms with Gasteiger partial charge in [-0.2, -0.15) is 15.3 Å². The van der Waals surface area contributed by atoms with Crippen molar-refractivity contribution in [2.24, 2.45) is 10.9 Å². The lowest BCUT2D eigenvalue weighted by molar-refractivity contribution is 0.506. The molecule has 5 aliphatic rings. The normalized spacial score (nSPS) is 15.5. The van der Waals surface area contributed by atoms with Crippen LogP contribution in [0.1, 0.15) is 184 Å². The van der Waals surface area contributed by atoms with E-state index in [9.17, 15) is 26.3 Å². The molecule has 554 valence electrons. The van der Waals surface area contributed by atoms with Gasteiger partial charge in [-0.05, 0) is 190 Å². The Kier molecular flexibility index (Phi) is 22.7. The lowest BCUT2D eigenvalue weighted by Gasteiger charge is -2.17. The fourth-order valence-electron chi connectivity index (χ4n) is 12.0. The van der Waals surface area contributed by atoms with Crippen LogP contribution in [-0.4, -0.2) is 82.8 Å². The predicted octanol–water partition coefficient (Wildman–Crippen LogP) is 18.5. The maximum absolute atomic E-state index is 14.0. The number of nitrogens with one attached hydrogen (secondary N) is 11. The molecule has 16 rings (SSSR count). The van der Waals surface area contributed by atoms with Gasteiger partial charge in [0.05, 0.1) is 23.7 Å². The van der Waals surface area contributed by atoms with E-state index in [0.717, 1.165) is 70.0 Å². The number of H-pyrrole nitrogens is 3. The van der Waals surface area contributed by atoms with E-state index in [-0.39, 0.29) is 34.5 Å². The van der Waals surface area contributed by atoms with Crippen LogP contribution >= 0.6 is 11.6 Å². The van der Waals surface area contributed by atoms with Crippen molar-refractivity contribution in [1.29, 1.82) is 0 Å².